The molecule has 0 N–H and O–H groups in total. The molecule has 6 heavy (non-hydrogen) atoms. The van der Waals surface area contributed by atoms with Crippen LogP contribution >= 0.6 is 34.4 Å². The van der Waals surface area contributed by atoms with E-state index in [1.165, 1.54) is 0 Å². The molecule has 0 aromatic rings. The molecule has 0 aromatic heterocycles. The van der Waals surface area contributed by atoms with E-state index in [2.05, 4.69) is 0 Å². The first-order valence-corrected chi connectivity index (χ1v) is 1.96. The average molecular weight is 160 g/mol. The first-order chi connectivity index (χ1) is 1.73. The SMILES string of the molecule is ClB(Cl)Cl.[Cl-].[Li+]. The van der Waals surface area contributed by atoms with Gasteiger partial charge < -0.3 is 12.4 Å². The van der Waals surface area contributed by atoms with Crippen LogP contribution in [-0.2, 0) is 0 Å². The van der Waals surface area contributed by atoms with Crippen LogP contribution in [0.4, 0.5) is 0 Å². The Kier molecular flexibility index (Phi) is 26.0. The van der Waals surface area contributed by atoms with Crippen molar-refractivity contribution in [2.75, 3.05) is 0 Å². The molecule has 0 radical (unpaired) electrons. The Bertz CT molecular complexity index is 12.3. The Morgan fingerprint density at radius 3 is 1.00 bits per heavy atom. The van der Waals surface area contributed by atoms with Gasteiger partial charge in [0.2, 0.25) is 0 Å². The Hall–Kier alpha value is 1.82. The van der Waals surface area contributed by atoms with Gasteiger partial charge in [-0.3, -0.25) is 0 Å². The maximum Gasteiger partial charge on any atom is 1.00 e. The summed E-state index contributed by atoms with van der Waals surface area (Å²) in [7, 11) is 0. The summed E-state index contributed by atoms with van der Waals surface area (Å²) in [4.78, 5) is -0.750. The smallest absolute Gasteiger partial charge is 1.00 e. The maximum atomic E-state index is 4.81. The van der Waals surface area contributed by atoms with Crippen molar-refractivity contribution in [2.24, 2.45) is 0 Å². The van der Waals surface area contributed by atoms with E-state index in [4.69, 9.17) is 34.4 Å². The van der Waals surface area contributed by atoms with Crippen LogP contribution in [0.15, 0.2) is 0 Å². The molecule has 0 aliphatic carbocycles. The molecular formula is BCl4Li. The summed E-state index contributed by atoms with van der Waals surface area (Å²) in [6.45, 7) is 0. The molecule has 0 spiro atoms. The van der Waals surface area contributed by atoms with E-state index in [0.29, 0.717) is 0 Å². The van der Waals surface area contributed by atoms with Crippen LogP contribution < -0.4 is 31.3 Å². The van der Waals surface area contributed by atoms with Crippen LogP contribution in [0, 0.1) is 0 Å². The van der Waals surface area contributed by atoms with Gasteiger partial charge in [-0.1, -0.05) is 0 Å². The van der Waals surface area contributed by atoms with Crippen molar-refractivity contribution in [3.05, 3.63) is 0 Å². The Balaban J connectivity index is -0.0000000450. The molecule has 0 aliphatic heterocycles. The van der Waals surface area contributed by atoms with E-state index in [-0.39, 0.29) is 31.3 Å². The number of hydrogen-bond acceptors (Lipinski definition) is 0. The normalized spacial score (nSPS) is 4.50. The molecule has 0 bridgehead atoms. The van der Waals surface area contributed by atoms with Gasteiger partial charge in [0, 0.05) is 0 Å². The quantitative estimate of drug-likeness (QED) is 0.314. The molecule has 0 rings (SSSR count). The van der Waals surface area contributed by atoms with Gasteiger partial charge in [-0.15, -0.1) is 0 Å². The van der Waals surface area contributed by atoms with Crippen LogP contribution in [0.2, 0.25) is 0 Å². The number of rotatable bonds is 0. The standard InChI is InChI=1S/BCl3.ClH.Li/c2-1(3)4;;/h;1H;/q;;+1/p-1. The Morgan fingerprint density at radius 2 is 1.00 bits per heavy atom. The molecule has 0 nitrogen and oxygen atoms in total. The fourth-order valence-electron chi connectivity index (χ4n) is 0. The Morgan fingerprint density at radius 1 is 1.00 bits per heavy atom. The minimum atomic E-state index is -0.750. The summed E-state index contributed by atoms with van der Waals surface area (Å²) < 4.78 is 0. The number of hydrogen-bond donors (Lipinski definition) is 0. The maximum absolute atomic E-state index is 4.81. The van der Waals surface area contributed by atoms with Crippen LogP contribution in [-0.4, -0.2) is 4.96 Å². The summed E-state index contributed by atoms with van der Waals surface area (Å²) in [5.41, 5.74) is 0. The van der Waals surface area contributed by atoms with E-state index in [1.54, 1.807) is 0 Å². The van der Waals surface area contributed by atoms with Gasteiger partial charge >= 0.3 is 23.8 Å². The van der Waals surface area contributed by atoms with Crippen molar-refractivity contribution in [1.29, 1.82) is 0 Å². The zero-order chi connectivity index (χ0) is 3.58. The molecule has 0 saturated heterocycles. The van der Waals surface area contributed by atoms with Gasteiger partial charge in [0.05, 0.1) is 0 Å². The second-order valence-electron chi connectivity index (χ2n) is 0.247. The van der Waals surface area contributed by atoms with Crippen molar-refractivity contribution >= 4 is 39.3 Å². The zero-order valence-corrected chi connectivity index (χ0v) is 6.11. The fourth-order valence-corrected chi connectivity index (χ4v) is 0. The van der Waals surface area contributed by atoms with Crippen molar-refractivity contribution in [2.45, 2.75) is 0 Å². The van der Waals surface area contributed by atoms with Crippen LogP contribution in [0.25, 0.3) is 0 Å². The van der Waals surface area contributed by atoms with Crippen molar-refractivity contribution in [3.63, 3.8) is 0 Å². The van der Waals surface area contributed by atoms with Crippen LogP contribution in [0.5, 0.6) is 0 Å². The third kappa shape index (κ3) is 40.8. The van der Waals surface area contributed by atoms with Crippen molar-refractivity contribution in [3.8, 4) is 0 Å². The van der Waals surface area contributed by atoms with Gasteiger partial charge in [0.15, 0.2) is 0 Å². The van der Waals surface area contributed by atoms with Gasteiger partial charge in [0.25, 0.3) is 0 Å². The van der Waals surface area contributed by atoms with Gasteiger partial charge in [-0.05, 0) is 0 Å². The predicted octanol–water partition coefficient (Wildman–Crippen LogP) is -4.30. The summed E-state index contributed by atoms with van der Waals surface area (Å²) in [6, 6.07) is 0. The molecule has 32 valence electrons. The first-order valence-electron chi connectivity index (χ1n) is 0.655. The summed E-state index contributed by atoms with van der Waals surface area (Å²) >= 11 is 14.4. The molecule has 0 atom stereocenters. The second-order valence-corrected chi connectivity index (χ2v) is 2.23. The van der Waals surface area contributed by atoms with Crippen LogP contribution in [0.1, 0.15) is 0 Å². The molecular weight excluding hydrogens is 160 g/mol. The monoisotopic (exact) mass is 158 g/mol. The molecule has 0 fully saturated rings. The van der Waals surface area contributed by atoms with E-state index < -0.39 is 4.96 Å². The molecule has 0 amide bonds. The van der Waals surface area contributed by atoms with Gasteiger partial charge in [0.1, 0.15) is 0 Å². The summed E-state index contributed by atoms with van der Waals surface area (Å²) in [5.74, 6) is 0. The first kappa shape index (κ1) is 15.7. The minimum absolute atomic E-state index is 0. The van der Waals surface area contributed by atoms with Gasteiger partial charge in [-0.25, -0.2) is 0 Å². The van der Waals surface area contributed by atoms with E-state index in [1.807, 2.05) is 0 Å². The fraction of sp³-hybridized carbons (Fsp3) is 0. The zero-order valence-electron chi connectivity index (χ0n) is 3.09. The molecule has 0 saturated carbocycles. The third-order valence-electron chi connectivity index (χ3n) is 0. The van der Waals surface area contributed by atoms with E-state index >= 15 is 0 Å². The third-order valence-corrected chi connectivity index (χ3v) is 0. The number of halogens is 4. The molecule has 0 aromatic carbocycles. The molecule has 0 aliphatic rings. The van der Waals surface area contributed by atoms with E-state index in [0.717, 1.165) is 0 Å². The Labute approximate surface area is 70.3 Å². The molecule has 6 heteroatoms. The largest absolute Gasteiger partial charge is 1.00 e. The second kappa shape index (κ2) is 9.95. The van der Waals surface area contributed by atoms with E-state index in [9.17, 15) is 0 Å². The molecule has 0 heterocycles. The average Bonchev–Trinajstić information content (AvgIpc) is 0.811. The van der Waals surface area contributed by atoms with Crippen molar-refractivity contribution in [1.82, 2.24) is 0 Å². The summed E-state index contributed by atoms with van der Waals surface area (Å²) in [5, 5.41) is 0. The predicted molar refractivity (Wildman–Crippen MR) is 23.3 cm³/mol. The minimum Gasteiger partial charge on any atom is -1.00 e. The molecule has 0 unspecified atom stereocenters. The van der Waals surface area contributed by atoms with Crippen LogP contribution in [0.3, 0.4) is 0 Å². The van der Waals surface area contributed by atoms with Crippen molar-refractivity contribution < 1.29 is 31.3 Å². The summed E-state index contributed by atoms with van der Waals surface area (Å²) in [6.07, 6.45) is 0. The van der Waals surface area contributed by atoms with Gasteiger partial charge in [-0.2, -0.15) is 34.4 Å². The topological polar surface area (TPSA) is 0 Å².